The van der Waals surface area contributed by atoms with Gasteiger partial charge in [-0.05, 0) is 25.8 Å². The van der Waals surface area contributed by atoms with Gasteiger partial charge in [-0.1, -0.05) is 12.8 Å². The van der Waals surface area contributed by atoms with Crippen LogP contribution in [-0.2, 0) is 4.74 Å². The van der Waals surface area contributed by atoms with Gasteiger partial charge in [0.05, 0.1) is 18.8 Å². The fraction of sp³-hybridized carbons (Fsp3) is 1.00. The van der Waals surface area contributed by atoms with Gasteiger partial charge in [0, 0.05) is 13.1 Å². The van der Waals surface area contributed by atoms with Gasteiger partial charge in [-0.15, -0.1) is 0 Å². The highest BCUT2D eigenvalue weighted by atomic mass is 16.5. The molecule has 1 heterocycles. The molecule has 3 heteroatoms. The first-order valence-corrected chi connectivity index (χ1v) is 5.74. The number of aliphatic hydroxyl groups excluding tert-OH is 1. The lowest BCUT2D eigenvalue weighted by atomic mass is 10.1. The number of rotatable bonds is 4. The van der Waals surface area contributed by atoms with E-state index in [-0.39, 0.29) is 12.2 Å². The average Bonchev–Trinajstić information content (AvgIpc) is 2.97. The van der Waals surface area contributed by atoms with Crippen LogP contribution in [0.25, 0.3) is 0 Å². The maximum atomic E-state index is 9.92. The van der Waals surface area contributed by atoms with Gasteiger partial charge in [0.2, 0.25) is 0 Å². The number of likely N-dealkylation sites (N-methyl/N-ethyl adjacent to an activating group) is 1. The van der Waals surface area contributed by atoms with Crippen LogP contribution < -0.4 is 0 Å². The Hall–Kier alpha value is -0.120. The second-order valence-corrected chi connectivity index (χ2v) is 4.76. The van der Waals surface area contributed by atoms with E-state index in [2.05, 4.69) is 11.9 Å². The van der Waals surface area contributed by atoms with Crippen molar-refractivity contribution >= 4 is 0 Å². The van der Waals surface area contributed by atoms with E-state index < -0.39 is 0 Å². The van der Waals surface area contributed by atoms with Gasteiger partial charge in [-0.25, -0.2) is 0 Å². The quantitative estimate of drug-likeness (QED) is 0.729. The Labute approximate surface area is 86.0 Å². The summed E-state index contributed by atoms with van der Waals surface area (Å²) in [5.41, 5.74) is 0. The fourth-order valence-corrected chi connectivity index (χ4v) is 2.04. The van der Waals surface area contributed by atoms with Crippen molar-refractivity contribution in [3.8, 4) is 0 Å². The van der Waals surface area contributed by atoms with Gasteiger partial charge in [-0.2, -0.15) is 0 Å². The zero-order valence-corrected chi connectivity index (χ0v) is 8.98. The molecule has 0 aromatic carbocycles. The minimum atomic E-state index is -0.252. The highest BCUT2D eigenvalue weighted by molar-refractivity contribution is 4.80. The zero-order valence-electron chi connectivity index (χ0n) is 8.98. The van der Waals surface area contributed by atoms with Crippen molar-refractivity contribution in [1.82, 2.24) is 4.90 Å². The zero-order chi connectivity index (χ0) is 9.97. The van der Waals surface area contributed by atoms with Crippen molar-refractivity contribution in [2.75, 3.05) is 26.7 Å². The standard InChI is InChI=1S/C11H21NO2/c1-12-6-7-14-11(8-12)10(13)5-4-9-2-3-9/h9-11,13H,2-8H2,1H3. The summed E-state index contributed by atoms with van der Waals surface area (Å²) >= 11 is 0. The Balaban J connectivity index is 1.68. The highest BCUT2D eigenvalue weighted by Gasteiger charge is 2.28. The van der Waals surface area contributed by atoms with E-state index in [0.717, 1.165) is 32.0 Å². The third kappa shape index (κ3) is 2.94. The van der Waals surface area contributed by atoms with Crippen molar-refractivity contribution in [2.24, 2.45) is 5.92 Å². The molecular formula is C11H21NO2. The monoisotopic (exact) mass is 199 g/mol. The lowest BCUT2D eigenvalue weighted by Crippen LogP contribution is -2.45. The normalized spacial score (nSPS) is 31.7. The molecule has 1 aliphatic heterocycles. The third-order valence-electron chi connectivity index (χ3n) is 3.29. The first kappa shape index (κ1) is 10.4. The molecule has 1 saturated heterocycles. The maximum Gasteiger partial charge on any atom is 0.0960 e. The summed E-state index contributed by atoms with van der Waals surface area (Å²) in [6.07, 6.45) is 4.65. The average molecular weight is 199 g/mol. The predicted molar refractivity (Wildman–Crippen MR) is 55.2 cm³/mol. The molecular weight excluding hydrogens is 178 g/mol. The summed E-state index contributed by atoms with van der Waals surface area (Å²) in [6.45, 7) is 2.64. The van der Waals surface area contributed by atoms with E-state index in [1.807, 2.05) is 0 Å². The number of morpholine rings is 1. The number of hydrogen-bond donors (Lipinski definition) is 1. The van der Waals surface area contributed by atoms with E-state index in [1.165, 1.54) is 19.3 Å². The van der Waals surface area contributed by atoms with Crippen LogP contribution in [-0.4, -0.2) is 49.0 Å². The maximum absolute atomic E-state index is 9.92. The molecule has 0 radical (unpaired) electrons. The largest absolute Gasteiger partial charge is 0.390 e. The van der Waals surface area contributed by atoms with Crippen LogP contribution in [0, 0.1) is 5.92 Å². The van der Waals surface area contributed by atoms with Crippen LogP contribution in [0.5, 0.6) is 0 Å². The van der Waals surface area contributed by atoms with Crippen LogP contribution in [0.4, 0.5) is 0 Å². The third-order valence-corrected chi connectivity index (χ3v) is 3.29. The summed E-state index contributed by atoms with van der Waals surface area (Å²) in [5, 5.41) is 9.92. The van der Waals surface area contributed by atoms with Gasteiger partial charge < -0.3 is 14.7 Å². The van der Waals surface area contributed by atoms with E-state index in [0.29, 0.717) is 0 Å². The molecule has 1 N–H and O–H groups in total. The van der Waals surface area contributed by atoms with Gasteiger partial charge in [-0.3, -0.25) is 0 Å². The Morgan fingerprint density at radius 1 is 1.50 bits per heavy atom. The molecule has 1 saturated carbocycles. The molecule has 2 rings (SSSR count). The molecule has 0 bridgehead atoms. The molecule has 14 heavy (non-hydrogen) atoms. The first-order valence-electron chi connectivity index (χ1n) is 5.74. The minimum absolute atomic E-state index is 0.0486. The molecule has 1 aliphatic carbocycles. The van der Waals surface area contributed by atoms with Crippen molar-refractivity contribution in [1.29, 1.82) is 0 Å². The minimum Gasteiger partial charge on any atom is -0.390 e. The molecule has 2 aliphatic rings. The summed E-state index contributed by atoms with van der Waals surface area (Å²) < 4.78 is 5.57. The molecule has 2 fully saturated rings. The number of ether oxygens (including phenoxy) is 1. The highest BCUT2D eigenvalue weighted by Crippen LogP contribution is 2.34. The summed E-state index contributed by atoms with van der Waals surface area (Å²) in [5.74, 6) is 0.908. The Morgan fingerprint density at radius 2 is 2.29 bits per heavy atom. The molecule has 0 aromatic heterocycles. The lowest BCUT2D eigenvalue weighted by Gasteiger charge is -2.32. The van der Waals surface area contributed by atoms with E-state index in [1.54, 1.807) is 0 Å². The van der Waals surface area contributed by atoms with Crippen molar-refractivity contribution in [2.45, 2.75) is 37.9 Å². The Bertz CT molecular complexity index is 182. The lowest BCUT2D eigenvalue weighted by molar-refractivity contribution is -0.0856. The molecule has 2 unspecified atom stereocenters. The second-order valence-electron chi connectivity index (χ2n) is 4.76. The van der Waals surface area contributed by atoms with Crippen LogP contribution in [0.15, 0.2) is 0 Å². The summed E-state index contributed by atoms with van der Waals surface area (Å²) in [6, 6.07) is 0. The van der Waals surface area contributed by atoms with E-state index >= 15 is 0 Å². The fourth-order valence-electron chi connectivity index (χ4n) is 2.04. The predicted octanol–water partition coefficient (Wildman–Crippen LogP) is 0.868. The summed E-state index contributed by atoms with van der Waals surface area (Å²) in [7, 11) is 2.09. The Morgan fingerprint density at radius 3 is 2.93 bits per heavy atom. The molecule has 2 atom stereocenters. The van der Waals surface area contributed by atoms with Crippen LogP contribution in [0.2, 0.25) is 0 Å². The van der Waals surface area contributed by atoms with Gasteiger partial charge in [0.25, 0.3) is 0 Å². The molecule has 0 aromatic rings. The molecule has 0 spiro atoms. The smallest absolute Gasteiger partial charge is 0.0960 e. The topological polar surface area (TPSA) is 32.7 Å². The van der Waals surface area contributed by atoms with Crippen LogP contribution in [0.1, 0.15) is 25.7 Å². The second kappa shape index (κ2) is 4.60. The van der Waals surface area contributed by atoms with Crippen LogP contribution in [0.3, 0.4) is 0 Å². The summed E-state index contributed by atoms with van der Waals surface area (Å²) in [4.78, 5) is 2.23. The number of hydrogen-bond acceptors (Lipinski definition) is 3. The van der Waals surface area contributed by atoms with Crippen molar-refractivity contribution in [3.05, 3.63) is 0 Å². The van der Waals surface area contributed by atoms with Gasteiger partial charge in [0.15, 0.2) is 0 Å². The molecule has 3 nitrogen and oxygen atoms in total. The van der Waals surface area contributed by atoms with Crippen molar-refractivity contribution in [3.63, 3.8) is 0 Å². The first-order chi connectivity index (χ1) is 6.75. The number of nitrogens with zero attached hydrogens (tertiary/aromatic N) is 1. The SMILES string of the molecule is CN1CCOC(C(O)CCC2CC2)C1. The molecule has 0 amide bonds. The Kier molecular flexibility index (Phi) is 3.42. The number of aliphatic hydroxyl groups is 1. The van der Waals surface area contributed by atoms with E-state index in [9.17, 15) is 5.11 Å². The van der Waals surface area contributed by atoms with E-state index in [4.69, 9.17) is 4.74 Å². The van der Waals surface area contributed by atoms with Gasteiger partial charge >= 0.3 is 0 Å². The van der Waals surface area contributed by atoms with Crippen molar-refractivity contribution < 1.29 is 9.84 Å². The molecule has 82 valence electrons. The van der Waals surface area contributed by atoms with Crippen LogP contribution >= 0.6 is 0 Å². The van der Waals surface area contributed by atoms with Gasteiger partial charge in [0.1, 0.15) is 0 Å².